The lowest BCUT2D eigenvalue weighted by molar-refractivity contribution is -0.387. The molecule has 1 aromatic heterocycles. The number of halogens is 1. The molecule has 0 saturated carbocycles. The summed E-state index contributed by atoms with van der Waals surface area (Å²) in [6, 6.07) is 3.64. The molecule has 0 aliphatic rings. The Bertz CT molecular complexity index is 207. The first-order valence-corrected chi connectivity index (χ1v) is 2.76. The maximum atomic E-state index is 10.1. The first kappa shape index (κ1) is 9.11. The summed E-state index contributed by atoms with van der Waals surface area (Å²) in [5.41, 5.74) is 1.74. The zero-order valence-corrected chi connectivity index (χ0v) is 6.35. The van der Waals surface area contributed by atoms with E-state index in [-0.39, 0.29) is 12.4 Å². The number of aromatic nitrogens is 1. The van der Waals surface area contributed by atoms with Gasteiger partial charge in [0.05, 0.1) is 5.56 Å². The molecule has 3 heteroatoms. The van der Waals surface area contributed by atoms with E-state index < -0.39 is 0 Å². The number of hydrogen-bond donors (Lipinski definition) is 0. The van der Waals surface area contributed by atoms with E-state index in [1.807, 2.05) is 13.0 Å². The van der Waals surface area contributed by atoms with Gasteiger partial charge in [0.1, 0.15) is 0 Å². The van der Waals surface area contributed by atoms with Crippen molar-refractivity contribution in [2.75, 3.05) is 0 Å². The van der Waals surface area contributed by atoms with Crippen LogP contribution in [0.5, 0.6) is 0 Å². The van der Waals surface area contributed by atoms with Crippen molar-refractivity contribution in [2.45, 2.75) is 6.92 Å². The van der Waals surface area contributed by atoms with Crippen LogP contribution in [0.15, 0.2) is 18.3 Å². The maximum Gasteiger partial charge on any atom is 0.177 e. The number of H-pyrrole nitrogens is 1. The van der Waals surface area contributed by atoms with Crippen LogP contribution >= 0.6 is 0 Å². The summed E-state index contributed by atoms with van der Waals surface area (Å²) in [4.78, 5) is 13.0. The third kappa shape index (κ3) is 2.15. The minimum absolute atomic E-state index is 0. The number of rotatable bonds is 1. The van der Waals surface area contributed by atoms with Crippen LogP contribution in [0.3, 0.4) is 0 Å². The Hall–Kier alpha value is -0.890. The van der Waals surface area contributed by atoms with E-state index in [0.29, 0.717) is 5.56 Å². The Balaban J connectivity index is 0.000000810. The molecule has 0 bridgehead atoms. The molecule has 2 nitrogen and oxygen atoms in total. The number of nitrogens with one attached hydrogen (secondary N) is 1. The smallest absolute Gasteiger partial charge is 0.177 e. The molecule has 0 amide bonds. The Morgan fingerprint density at radius 1 is 1.50 bits per heavy atom. The molecule has 0 spiro atoms. The average Bonchev–Trinajstić information content (AvgIpc) is 1.90. The fourth-order valence-electron chi connectivity index (χ4n) is 0.588. The van der Waals surface area contributed by atoms with E-state index in [1.54, 1.807) is 12.3 Å². The van der Waals surface area contributed by atoms with Crippen LogP contribution < -0.4 is 17.4 Å². The molecule has 0 unspecified atom stereocenters. The zero-order valence-electron chi connectivity index (χ0n) is 5.60. The Kier molecular flexibility index (Phi) is 3.65. The molecule has 0 atom stereocenters. The summed E-state index contributed by atoms with van der Waals surface area (Å²) in [5.74, 6) is 0. The van der Waals surface area contributed by atoms with Crippen molar-refractivity contribution >= 4 is 6.29 Å². The summed E-state index contributed by atoms with van der Waals surface area (Å²) in [6.45, 7) is 1.94. The number of pyridine rings is 1. The lowest BCUT2D eigenvalue weighted by atomic mass is 10.3. The van der Waals surface area contributed by atoms with E-state index in [0.717, 1.165) is 12.0 Å². The largest absolute Gasteiger partial charge is 1.00 e. The van der Waals surface area contributed by atoms with E-state index in [1.165, 1.54) is 0 Å². The van der Waals surface area contributed by atoms with Crippen molar-refractivity contribution in [3.8, 4) is 0 Å². The molecule has 0 aliphatic heterocycles. The Morgan fingerprint density at radius 2 is 2.20 bits per heavy atom. The first-order chi connectivity index (χ1) is 4.33. The standard InChI is InChI=1S/C7H7NO.ClH/c1-6-2-3-7(5-9)4-8-6;/h2-5H,1H3;1H. The second-order valence-electron chi connectivity index (χ2n) is 1.92. The molecule has 1 heterocycles. The van der Waals surface area contributed by atoms with Gasteiger partial charge in [-0.15, -0.1) is 0 Å². The lowest BCUT2D eigenvalue weighted by Gasteiger charge is -1.82. The zero-order chi connectivity index (χ0) is 6.69. The normalized spacial score (nSPS) is 8.10. The van der Waals surface area contributed by atoms with Crippen molar-refractivity contribution in [2.24, 2.45) is 0 Å². The maximum absolute atomic E-state index is 10.1. The molecule has 10 heavy (non-hydrogen) atoms. The molecule has 1 rings (SSSR count). The third-order valence-electron chi connectivity index (χ3n) is 1.13. The van der Waals surface area contributed by atoms with Crippen molar-refractivity contribution in [3.05, 3.63) is 29.6 Å². The predicted molar refractivity (Wildman–Crippen MR) is 33.1 cm³/mol. The molecule has 1 aromatic rings. The number of aldehydes is 1. The van der Waals surface area contributed by atoms with Gasteiger partial charge in [0.25, 0.3) is 0 Å². The quantitative estimate of drug-likeness (QED) is 0.419. The van der Waals surface area contributed by atoms with Gasteiger partial charge in [-0.05, 0) is 6.07 Å². The highest BCUT2D eigenvalue weighted by molar-refractivity contribution is 5.73. The summed E-state index contributed by atoms with van der Waals surface area (Å²) in [5, 5.41) is 0. The molecule has 54 valence electrons. The van der Waals surface area contributed by atoms with E-state index in [2.05, 4.69) is 4.98 Å². The minimum Gasteiger partial charge on any atom is -1.00 e. The van der Waals surface area contributed by atoms with Crippen molar-refractivity contribution in [1.29, 1.82) is 0 Å². The second kappa shape index (κ2) is 4.01. The van der Waals surface area contributed by atoms with Crippen molar-refractivity contribution in [3.63, 3.8) is 0 Å². The molecule has 0 radical (unpaired) electrons. The molecule has 0 aromatic carbocycles. The van der Waals surface area contributed by atoms with Crippen LogP contribution in [-0.4, -0.2) is 6.29 Å². The summed E-state index contributed by atoms with van der Waals surface area (Å²) in [6.07, 6.45) is 2.50. The van der Waals surface area contributed by atoms with E-state index >= 15 is 0 Å². The van der Waals surface area contributed by atoms with Crippen LogP contribution in [0, 0.1) is 6.92 Å². The highest BCUT2D eigenvalue weighted by atomic mass is 35.5. The molecular formula is C7H8ClNO. The summed E-state index contributed by atoms with van der Waals surface area (Å²) in [7, 11) is 0. The molecule has 1 N–H and O–H groups in total. The Labute approximate surface area is 65.7 Å². The number of aromatic amines is 1. The minimum atomic E-state index is 0. The highest BCUT2D eigenvalue weighted by Gasteiger charge is 1.92. The predicted octanol–water partition coefficient (Wildman–Crippen LogP) is -2.37. The highest BCUT2D eigenvalue weighted by Crippen LogP contribution is 1.89. The first-order valence-electron chi connectivity index (χ1n) is 2.76. The summed E-state index contributed by atoms with van der Waals surface area (Å²) < 4.78 is 0. The molecule has 0 fully saturated rings. The van der Waals surface area contributed by atoms with Gasteiger partial charge < -0.3 is 12.4 Å². The van der Waals surface area contributed by atoms with Crippen LogP contribution in [-0.2, 0) is 0 Å². The van der Waals surface area contributed by atoms with Crippen LogP contribution in [0.1, 0.15) is 16.1 Å². The fraction of sp³-hybridized carbons (Fsp3) is 0.143. The van der Waals surface area contributed by atoms with Crippen LogP contribution in [0.25, 0.3) is 0 Å². The van der Waals surface area contributed by atoms with Crippen molar-refractivity contribution < 1.29 is 22.2 Å². The molecule has 0 aliphatic carbocycles. The van der Waals surface area contributed by atoms with Gasteiger partial charge in [0.2, 0.25) is 0 Å². The summed E-state index contributed by atoms with van der Waals surface area (Å²) >= 11 is 0. The van der Waals surface area contributed by atoms with Gasteiger partial charge in [0, 0.05) is 13.0 Å². The van der Waals surface area contributed by atoms with Gasteiger partial charge in [0.15, 0.2) is 18.2 Å². The van der Waals surface area contributed by atoms with Gasteiger partial charge in [-0.2, -0.15) is 0 Å². The lowest BCUT2D eigenvalue weighted by Crippen LogP contribution is -3.00. The van der Waals surface area contributed by atoms with E-state index in [9.17, 15) is 4.79 Å². The van der Waals surface area contributed by atoms with Gasteiger partial charge in [-0.1, -0.05) is 0 Å². The Morgan fingerprint density at radius 3 is 2.60 bits per heavy atom. The topological polar surface area (TPSA) is 31.2 Å². The average molecular weight is 158 g/mol. The SMILES string of the molecule is Cc1ccc(C=O)c[nH+]1.[Cl-]. The number of aryl methyl sites for hydroxylation is 1. The fourth-order valence-corrected chi connectivity index (χ4v) is 0.588. The van der Waals surface area contributed by atoms with Crippen LogP contribution in [0.2, 0.25) is 0 Å². The second-order valence-corrected chi connectivity index (χ2v) is 1.92. The molecule has 0 saturated heterocycles. The van der Waals surface area contributed by atoms with E-state index in [4.69, 9.17) is 0 Å². The van der Waals surface area contributed by atoms with Gasteiger partial charge >= 0.3 is 0 Å². The monoisotopic (exact) mass is 157 g/mol. The number of carbonyl (C=O) groups is 1. The number of hydrogen-bond acceptors (Lipinski definition) is 1. The van der Waals surface area contributed by atoms with Gasteiger partial charge in [-0.3, -0.25) is 4.79 Å². The van der Waals surface area contributed by atoms with Crippen LogP contribution in [0.4, 0.5) is 0 Å². The van der Waals surface area contributed by atoms with Gasteiger partial charge in [-0.25, -0.2) is 4.98 Å². The van der Waals surface area contributed by atoms with Crippen molar-refractivity contribution in [1.82, 2.24) is 0 Å². The third-order valence-corrected chi connectivity index (χ3v) is 1.13. The molecular weight excluding hydrogens is 150 g/mol. The number of carbonyl (C=O) groups excluding carboxylic acids is 1.